The molecule has 0 aliphatic carbocycles. The summed E-state index contributed by atoms with van der Waals surface area (Å²) in [5.74, 6) is -2.35. The van der Waals surface area contributed by atoms with Crippen LogP contribution in [0.3, 0.4) is 0 Å². The zero-order chi connectivity index (χ0) is 18.7. The van der Waals surface area contributed by atoms with Crippen LogP contribution in [0, 0.1) is 6.92 Å². The molecule has 2 atom stereocenters. The number of para-hydroxylation sites is 1. The summed E-state index contributed by atoms with van der Waals surface area (Å²) < 4.78 is 5.07. The van der Waals surface area contributed by atoms with Crippen LogP contribution in [0.4, 0.5) is 5.69 Å². The number of benzene rings is 2. The lowest BCUT2D eigenvalue weighted by molar-refractivity contribution is -0.163. The van der Waals surface area contributed by atoms with Crippen LogP contribution >= 0.6 is 0 Å². The van der Waals surface area contributed by atoms with Gasteiger partial charge in [0.05, 0.1) is 6.61 Å². The van der Waals surface area contributed by atoms with Gasteiger partial charge in [-0.2, -0.15) is 0 Å². The number of anilines is 1. The van der Waals surface area contributed by atoms with E-state index in [0.717, 1.165) is 11.1 Å². The Balaban J connectivity index is 2.03. The standard InChI is InChI=1S/C21H21NO4/c1-3-26-20(24)21(25,13-12-15-10-8-14(2)9-11-15)18-16-6-4-5-7-17(16)22-19(18)23/h4-13,18,25H,3H2,1-2H3,(H,22,23)/b13-12+. The molecule has 0 radical (unpaired) electrons. The predicted octanol–water partition coefficient (Wildman–Crippen LogP) is 3.04. The summed E-state index contributed by atoms with van der Waals surface area (Å²) in [6.45, 7) is 3.74. The van der Waals surface area contributed by atoms with E-state index in [1.54, 1.807) is 37.3 Å². The maximum atomic E-state index is 12.6. The molecule has 0 saturated heterocycles. The topological polar surface area (TPSA) is 75.6 Å². The van der Waals surface area contributed by atoms with E-state index in [1.165, 1.54) is 6.08 Å². The highest BCUT2D eigenvalue weighted by molar-refractivity contribution is 6.07. The Morgan fingerprint density at radius 2 is 1.92 bits per heavy atom. The van der Waals surface area contributed by atoms with Gasteiger partial charge < -0.3 is 15.2 Å². The van der Waals surface area contributed by atoms with Crippen molar-refractivity contribution in [2.75, 3.05) is 11.9 Å². The molecule has 1 aliphatic rings. The third-order valence-electron chi connectivity index (χ3n) is 4.44. The second kappa shape index (κ2) is 7.14. The van der Waals surface area contributed by atoms with Crippen LogP contribution in [-0.4, -0.2) is 29.2 Å². The van der Waals surface area contributed by atoms with Crippen LogP contribution in [0.1, 0.15) is 29.5 Å². The number of carbonyl (C=O) groups excluding carboxylic acids is 2. The summed E-state index contributed by atoms with van der Waals surface area (Å²) in [6, 6.07) is 14.6. The number of amides is 1. The third-order valence-corrected chi connectivity index (χ3v) is 4.44. The maximum Gasteiger partial charge on any atom is 0.343 e. The zero-order valence-corrected chi connectivity index (χ0v) is 14.7. The fourth-order valence-electron chi connectivity index (χ4n) is 3.08. The van der Waals surface area contributed by atoms with Gasteiger partial charge in [0.15, 0.2) is 5.60 Å². The Labute approximate surface area is 152 Å². The second-order valence-corrected chi connectivity index (χ2v) is 6.30. The minimum atomic E-state index is -2.10. The fraction of sp³-hybridized carbons (Fsp3) is 0.238. The molecule has 5 nitrogen and oxygen atoms in total. The Morgan fingerprint density at radius 1 is 1.23 bits per heavy atom. The summed E-state index contributed by atoms with van der Waals surface area (Å²) >= 11 is 0. The number of ether oxygens (including phenoxy) is 1. The molecule has 0 bridgehead atoms. The SMILES string of the molecule is CCOC(=O)C(O)(/C=C/c1ccc(C)cc1)C1C(=O)Nc2ccccc21. The number of fused-ring (bicyclic) bond motifs is 1. The molecule has 1 heterocycles. The van der Waals surface area contributed by atoms with E-state index >= 15 is 0 Å². The van der Waals surface area contributed by atoms with Gasteiger partial charge in [-0.1, -0.05) is 54.1 Å². The number of esters is 1. The minimum Gasteiger partial charge on any atom is -0.464 e. The number of carbonyl (C=O) groups is 2. The van der Waals surface area contributed by atoms with E-state index in [1.807, 2.05) is 31.2 Å². The van der Waals surface area contributed by atoms with Crippen molar-refractivity contribution in [2.24, 2.45) is 0 Å². The quantitative estimate of drug-likeness (QED) is 0.812. The average molecular weight is 351 g/mol. The number of aryl methyl sites for hydroxylation is 1. The van der Waals surface area contributed by atoms with E-state index in [2.05, 4.69) is 5.32 Å². The van der Waals surface area contributed by atoms with Crippen molar-refractivity contribution in [3.8, 4) is 0 Å². The lowest BCUT2D eigenvalue weighted by Gasteiger charge is -2.27. The van der Waals surface area contributed by atoms with Gasteiger partial charge in [-0.3, -0.25) is 4.79 Å². The Kier molecular flexibility index (Phi) is 4.91. The highest BCUT2D eigenvalue weighted by Gasteiger charge is 2.51. The summed E-state index contributed by atoms with van der Waals surface area (Å²) in [5.41, 5.74) is 0.977. The molecule has 0 aromatic heterocycles. The molecule has 1 amide bonds. The smallest absolute Gasteiger partial charge is 0.343 e. The van der Waals surface area contributed by atoms with E-state index in [-0.39, 0.29) is 6.61 Å². The lowest BCUT2D eigenvalue weighted by Crippen LogP contribution is -2.46. The van der Waals surface area contributed by atoms with Crippen molar-refractivity contribution in [1.82, 2.24) is 0 Å². The first kappa shape index (κ1) is 17.9. The van der Waals surface area contributed by atoms with Gasteiger partial charge in [0.2, 0.25) is 5.91 Å². The normalized spacial score (nSPS) is 18.3. The molecule has 2 aromatic carbocycles. The zero-order valence-electron chi connectivity index (χ0n) is 14.7. The van der Waals surface area contributed by atoms with Crippen LogP contribution in [0.2, 0.25) is 0 Å². The van der Waals surface area contributed by atoms with Crippen LogP contribution in [-0.2, 0) is 14.3 Å². The van der Waals surface area contributed by atoms with Gasteiger partial charge in [-0.25, -0.2) is 4.79 Å². The molecule has 0 spiro atoms. The first-order valence-corrected chi connectivity index (χ1v) is 8.51. The molecule has 3 rings (SSSR count). The number of hydrogen-bond acceptors (Lipinski definition) is 4. The van der Waals surface area contributed by atoms with E-state index < -0.39 is 23.4 Å². The van der Waals surface area contributed by atoms with Crippen LogP contribution in [0.15, 0.2) is 54.6 Å². The summed E-state index contributed by atoms with van der Waals surface area (Å²) in [6.07, 6.45) is 2.98. The van der Waals surface area contributed by atoms with Gasteiger partial charge in [0.1, 0.15) is 5.92 Å². The Hall–Kier alpha value is -2.92. The number of nitrogens with one attached hydrogen (secondary N) is 1. The Morgan fingerprint density at radius 3 is 2.62 bits per heavy atom. The average Bonchev–Trinajstić information content (AvgIpc) is 2.97. The molecule has 26 heavy (non-hydrogen) atoms. The van der Waals surface area contributed by atoms with Crippen LogP contribution in [0.5, 0.6) is 0 Å². The number of aliphatic hydroxyl groups is 1. The van der Waals surface area contributed by atoms with Crippen molar-refractivity contribution in [3.05, 3.63) is 71.3 Å². The monoisotopic (exact) mass is 351 g/mol. The summed E-state index contributed by atoms with van der Waals surface area (Å²) in [7, 11) is 0. The molecule has 0 fully saturated rings. The van der Waals surface area contributed by atoms with Gasteiger partial charge in [-0.15, -0.1) is 0 Å². The molecule has 134 valence electrons. The lowest BCUT2D eigenvalue weighted by atomic mass is 9.82. The minimum absolute atomic E-state index is 0.107. The molecule has 2 aromatic rings. The van der Waals surface area contributed by atoms with Gasteiger partial charge in [-0.05, 0) is 37.1 Å². The van der Waals surface area contributed by atoms with Gasteiger partial charge in [0, 0.05) is 5.69 Å². The molecule has 0 saturated carbocycles. The second-order valence-electron chi connectivity index (χ2n) is 6.30. The van der Waals surface area contributed by atoms with Crippen LogP contribution < -0.4 is 5.32 Å². The third kappa shape index (κ3) is 3.26. The molecule has 2 N–H and O–H groups in total. The van der Waals surface area contributed by atoms with Crippen molar-refractivity contribution >= 4 is 23.6 Å². The van der Waals surface area contributed by atoms with Crippen molar-refractivity contribution < 1.29 is 19.4 Å². The van der Waals surface area contributed by atoms with Gasteiger partial charge in [0.25, 0.3) is 0 Å². The first-order chi connectivity index (χ1) is 12.5. The molecular formula is C21H21NO4. The first-order valence-electron chi connectivity index (χ1n) is 8.51. The Bertz CT molecular complexity index is 857. The van der Waals surface area contributed by atoms with Crippen molar-refractivity contribution in [2.45, 2.75) is 25.4 Å². The van der Waals surface area contributed by atoms with E-state index in [4.69, 9.17) is 4.74 Å². The largest absolute Gasteiger partial charge is 0.464 e. The molecule has 1 aliphatic heterocycles. The number of rotatable bonds is 5. The molecule has 5 heteroatoms. The van der Waals surface area contributed by atoms with E-state index in [0.29, 0.717) is 11.3 Å². The van der Waals surface area contributed by atoms with Gasteiger partial charge >= 0.3 is 5.97 Å². The number of hydrogen-bond donors (Lipinski definition) is 2. The molecular weight excluding hydrogens is 330 g/mol. The highest BCUT2D eigenvalue weighted by Crippen LogP contribution is 2.41. The fourth-order valence-corrected chi connectivity index (χ4v) is 3.08. The highest BCUT2D eigenvalue weighted by atomic mass is 16.5. The summed E-state index contributed by atoms with van der Waals surface area (Å²) in [4.78, 5) is 25.1. The maximum absolute atomic E-state index is 12.6. The summed E-state index contributed by atoms with van der Waals surface area (Å²) in [5, 5.41) is 13.9. The van der Waals surface area contributed by atoms with Crippen molar-refractivity contribution in [1.29, 1.82) is 0 Å². The van der Waals surface area contributed by atoms with E-state index in [9.17, 15) is 14.7 Å². The van der Waals surface area contributed by atoms with Crippen molar-refractivity contribution in [3.63, 3.8) is 0 Å². The van der Waals surface area contributed by atoms with Crippen LogP contribution in [0.25, 0.3) is 6.08 Å². The predicted molar refractivity (Wildman–Crippen MR) is 99.6 cm³/mol. The molecule has 2 unspecified atom stereocenters.